The maximum atomic E-state index is 12.2. The van der Waals surface area contributed by atoms with E-state index in [0.29, 0.717) is 0 Å². The largest absolute Gasteiger partial charge is 0.376 e. The van der Waals surface area contributed by atoms with Gasteiger partial charge in [0.1, 0.15) is 5.60 Å². The van der Waals surface area contributed by atoms with Crippen LogP contribution in [0, 0.1) is 0 Å². The predicted molar refractivity (Wildman–Crippen MR) is 114 cm³/mol. The molecule has 0 spiro atoms. The van der Waals surface area contributed by atoms with E-state index in [0.717, 1.165) is 43.4 Å². The molecule has 0 aliphatic heterocycles. The van der Waals surface area contributed by atoms with Crippen LogP contribution >= 0.6 is 15.9 Å². The zero-order valence-electron chi connectivity index (χ0n) is 14.6. The van der Waals surface area contributed by atoms with Crippen LogP contribution in [0.3, 0.4) is 0 Å². The van der Waals surface area contributed by atoms with E-state index >= 15 is 0 Å². The minimum absolute atomic E-state index is 0.898. The Kier molecular flexibility index (Phi) is 3.78. The molecule has 5 rings (SSSR count). The third kappa shape index (κ3) is 2.34. The van der Waals surface area contributed by atoms with Crippen LogP contribution < -0.4 is 0 Å². The summed E-state index contributed by atoms with van der Waals surface area (Å²) in [6, 6.07) is 32.6. The van der Waals surface area contributed by atoms with E-state index in [1.54, 1.807) is 0 Å². The van der Waals surface area contributed by atoms with Crippen LogP contribution in [0.1, 0.15) is 16.7 Å². The van der Waals surface area contributed by atoms with Crippen LogP contribution in [0.4, 0.5) is 0 Å². The summed E-state index contributed by atoms with van der Waals surface area (Å²) in [4.78, 5) is 0. The van der Waals surface area contributed by atoms with Crippen molar-refractivity contribution in [2.24, 2.45) is 0 Å². The molecule has 1 aliphatic carbocycles. The molecule has 0 aromatic heterocycles. The fourth-order valence-electron chi connectivity index (χ4n) is 4.22. The van der Waals surface area contributed by atoms with Crippen LogP contribution in [0.15, 0.2) is 102 Å². The quantitative estimate of drug-likeness (QED) is 0.404. The Morgan fingerprint density at radius 2 is 0.815 bits per heavy atom. The molecule has 0 saturated carbocycles. The highest BCUT2D eigenvalue weighted by Crippen LogP contribution is 2.52. The fourth-order valence-corrected chi connectivity index (χ4v) is 4.71. The van der Waals surface area contributed by atoms with E-state index < -0.39 is 5.60 Å². The first-order valence-electron chi connectivity index (χ1n) is 8.97. The minimum Gasteiger partial charge on any atom is -0.376 e. The van der Waals surface area contributed by atoms with E-state index in [1.165, 1.54) is 0 Å². The van der Waals surface area contributed by atoms with Gasteiger partial charge in [-0.1, -0.05) is 107 Å². The monoisotopic (exact) mass is 412 g/mol. The number of halogens is 1. The summed E-state index contributed by atoms with van der Waals surface area (Å²) in [6.45, 7) is 0. The van der Waals surface area contributed by atoms with Crippen molar-refractivity contribution >= 4 is 15.9 Å². The summed E-state index contributed by atoms with van der Waals surface area (Å²) in [5.41, 5.74) is 5.88. The summed E-state index contributed by atoms with van der Waals surface area (Å²) >= 11 is 3.68. The average molecular weight is 413 g/mol. The first kappa shape index (κ1) is 16.5. The van der Waals surface area contributed by atoms with Crippen molar-refractivity contribution in [3.8, 4) is 22.3 Å². The zero-order chi connectivity index (χ0) is 18.4. The lowest BCUT2D eigenvalue weighted by Crippen LogP contribution is -2.27. The van der Waals surface area contributed by atoms with E-state index in [9.17, 15) is 5.11 Å². The minimum atomic E-state index is -1.18. The van der Waals surface area contributed by atoms with Gasteiger partial charge in [0.15, 0.2) is 0 Å². The molecule has 130 valence electrons. The molecule has 0 radical (unpaired) electrons. The van der Waals surface area contributed by atoms with Gasteiger partial charge in [-0.25, -0.2) is 0 Å². The van der Waals surface area contributed by atoms with Crippen LogP contribution in [-0.2, 0) is 5.60 Å². The smallest absolute Gasteiger partial charge is 0.142 e. The number of benzene rings is 4. The molecule has 0 saturated heterocycles. The topological polar surface area (TPSA) is 20.2 Å². The van der Waals surface area contributed by atoms with Gasteiger partial charge in [0.25, 0.3) is 0 Å². The molecule has 27 heavy (non-hydrogen) atoms. The molecule has 0 atom stereocenters. The van der Waals surface area contributed by atoms with Crippen LogP contribution in [0.25, 0.3) is 22.3 Å². The molecule has 0 heterocycles. The zero-order valence-corrected chi connectivity index (χ0v) is 16.1. The summed E-state index contributed by atoms with van der Waals surface area (Å²) in [7, 11) is 0. The Morgan fingerprint density at radius 1 is 0.481 bits per heavy atom. The highest BCUT2D eigenvalue weighted by molar-refractivity contribution is 9.10. The maximum Gasteiger partial charge on any atom is 0.142 e. The fraction of sp³-hybridized carbons (Fsp3) is 0.0400. The van der Waals surface area contributed by atoms with E-state index in [4.69, 9.17) is 0 Å². The van der Waals surface area contributed by atoms with Gasteiger partial charge < -0.3 is 5.11 Å². The molecule has 4 aromatic carbocycles. The summed E-state index contributed by atoms with van der Waals surface area (Å²) in [6.07, 6.45) is 0. The second kappa shape index (κ2) is 6.19. The lowest BCUT2D eigenvalue weighted by atomic mass is 9.80. The van der Waals surface area contributed by atoms with Gasteiger partial charge >= 0.3 is 0 Å². The van der Waals surface area contributed by atoms with Crippen molar-refractivity contribution in [2.45, 2.75) is 5.60 Å². The predicted octanol–water partition coefficient (Wildman–Crippen LogP) is 6.38. The summed E-state index contributed by atoms with van der Waals surface area (Å²) < 4.78 is 1.01. The lowest BCUT2D eigenvalue weighted by Gasteiger charge is -2.29. The third-order valence-corrected chi connectivity index (χ3v) is 6.10. The van der Waals surface area contributed by atoms with Gasteiger partial charge in [-0.3, -0.25) is 0 Å². The molecule has 0 bridgehead atoms. The normalized spacial score (nSPS) is 13.9. The van der Waals surface area contributed by atoms with Gasteiger partial charge in [0, 0.05) is 21.2 Å². The van der Waals surface area contributed by atoms with Crippen molar-refractivity contribution in [2.75, 3.05) is 0 Å². The highest BCUT2D eigenvalue weighted by atomic mass is 79.9. The third-order valence-electron chi connectivity index (χ3n) is 5.40. The summed E-state index contributed by atoms with van der Waals surface area (Å²) in [5.74, 6) is 0. The van der Waals surface area contributed by atoms with Crippen LogP contribution in [-0.4, -0.2) is 5.11 Å². The number of hydrogen-bond acceptors (Lipinski definition) is 1. The maximum absolute atomic E-state index is 12.2. The highest BCUT2D eigenvalue weighted by Gasteiger charge is 2.44. The number of aliphatic hydroxyl groups is 1. The van der Waals surface area contributed by atoms with Crippen molar-refractivity contribution < 1.29 is 5.11 Å². The molecular weight excluding hydrogens is 396 g/mol. The van der Waals surface area contributed by atoms with Gasteiger partial charge in [-0.2, -0.15) is 0 Å². The molecule has 1 N–H and O–H groups in total. The van der Waals surface area contributed by atoms with Gasteiger partial charge in [0.05, 0.1) is 0 Å². The van der Waals surface area contributed by atoms with Crippen molar-refractivity contribution in [3.63, 3.8) is 0 Å². The first-order chi connectivity index (χ1) is 13.2. The lowest BCUT2D eigenvalue weighted by molar-refractivity contribution is 0.131. The standard InChI is InChI=1S/C25H17BrO/c26-24-16-8-4-12-20(24)19-11-3-7-15-23(19)25(27)21-13-5-1-9-17(21)18-10-2-6-14-22(18)25/h1-16,27H. The van der Waals surface area contributed by atoms with Gasteiger partial charge in [0.2, 0.25) is 0 Å². The number of rotatable bonds is 2. The van der Waals surface area contributed by atoms with E-state index in [-0.39, 0.29) is 0 Å². The Morgan fingerprint density at radius 3 is 1.26 bits per heavy atom. The Balaban J connectivity index is 1.86. The van der Waals surface area contributed by atoms with Crippen LogP contribution in [0.5, 0.6) is 0 Å². The van der Waals surface area contributed by atoms with Crippen molar-refractivity contribution in [1.29, 1.82) is 0 Å². The summed E-state index contributed by atoms with van der Waals surface area (Å²) in [5, 5.41) is 12.2. The Labute approximate surface area is 167 Å². The van der Waals surface area contributed by atoms with Crippen LogP contribution in [0.2, 0.25) is 0 Å². The average Bonchev–Trinajstić information content (AvgIpc) is 2.99. The second-order valence-electron chi connectivity index (χ2n) is 6.83. The van der Waals surface area contributed by atoms with Gasteiger partial charge in [-0.15, -0.1) is 0 Å². The number of hydrogen-bond donors (Lipinski definition) is 1. The Bertz CT molecular complexity index is 1120. The van der Waals surface area contributed by atoms with Crippen molar-refractivity contribution in [3.05, 3.63) is 118 Å². The molecule has 1 aliphatic rings. The number of fused-ring (bicyclic) bond motifs is 3. The molecule has 1 nitrogen and oxygen atoms in total. The van der Waals surface area contributed by atoms with E-state index in [2.05, 4.69) is 40.2 Å². The second-order valence-corrected chi connectivity index (χ2v) is 7.68. The molecule has 2 heteroatoms. The Hall–Kier alpha value is -2.68. The SMILES string of the molecule is OC1(c2ccccc2-c2ccccc2Br)c2ccccc2-c2ccccc21. The molecule has 4 aromatic rings. The first-order valence-corrected chi connectivity index (χ1v) is 9.76. The van der Waals surface area contributed by atoms with Crippen molar-refractivity contribution in [1.82, 2.24) is 0 Å². The molecular formula is C25H17BrO. The molecule has 0 unspecified atom stereocenters. The van der Waals surface area contributed by atoms with Gasteiger partial charge in [-0.05, 0) is 28.3 Å². The molecule has 0 amide bonds. The molecule has 0 fully saturated rings. The van der Waals surface area contributed by atoms with E-state index in [1.807, 2.05) is 72.8 Å².